The number of thiol groups is 2. The fourth-order valence-electron chi connectivity index (χ4n) is 2.49. The minimum absolute atomic E-state index is 0.530. The van der Waals surface area contributed by atoms with Gasteiger partial charge in [-0.2, -0.15) is 0 Å². The van der Waals surface area contributed by atoms with Crippen LogP contribution in [0, 0.1) is 0 Å². The predicted molar refractivity (Wildman–Crippen MR) is 130 cm³/mol. The first kappa shape index (κ1) is 26.9. The molecule has 0 aliphatic heterocycles. The van der Waals surface area contributed by atoms with Crippen LogP contribution in [-0.2, 0) is 32.7 Å². The molecule has 152 valence electrons. The van der Waals surface area contributed by atoms with E-state index >= 15 is 0 Å². The van der Waals surface area contributed by atoms with Crippen molar-refractivity contribution >= 4 is 59.0 Å². The van der Waals surface area contributed by atoms with Crippen LogP contribution in [0.25, 0.3) is 0 Å². The first-order chi connectivity index (χ1) is 11.8. The molecule has 0 spiro atoms. The third-order valence-corrected chi connectivity index (χ3v) is 13.7. The summed E-state index contributed by atoms with van der Waals surface area (Å²) >= 11 is 20.2. The van der Waals surface area contributed by atoms with Crippen molar-refractivity contribution in [1.29, 1.82) is 0 Å². The smallest absolute Gasteiger partial charge is 0.124 e. The van der Waals surface area contributed by atoms with Gasteiger partial charge in [-0.25, -0.2) is 0 Å². The molecule has 0 N–H and O–H groups in total. The zero-order chi connectivity index (χ0) is 19.0. The van der Waals surface area contributed by atoms with E-state index in [2.05, 4.69) is 38.3 Å². The van der Waals surface area contributed by atoms with Crippen molar-refractivity contribution in [1.82, 2.24) is 0 Å². The topological polar surface area (TPSA) is 18.5 Å². The van der Waals surface area contributed by atoms with Crippen LogP contribution in [-0.4, -0.2) is 19.1 Å². The molecule has 0 saturated heterocycles. The summed E-state index contributed by atoms with van der Waals surface area (Å²) in [7, 11) is 0. The Kier molecular flexibility index (Phi) is 18.1. The summed E-state index contributed by atoms with van der Waals surface area (Å²) in [5.41, 5.74) is -4.35. The van der Waals surface area contributed by atoms with Gasteiger partial charge in [-0.1, -0.05) is 102 Å². The molecule has 0 aromatic heterocycles. The first-order valence-corrected chi connectivity index (χ1v) is 17.9. The van der Waals surface area contributed by atoms with Crippen LogP contribution in [0.2, 0.25) is 0 Å². The van der Waals surface area contributed by atoms with Crippen molar-refractivity contribution in [2.75, 3.05) is 19.1 Å². The zero-order valence-corrected chi connectivity index (χ0v) is 21.2. The summed E-state index contributed by atoms with van der Waals surface area (Å²) in [6.45, 7) is 5.84. The van der Waals surface area contributed by atoms with Crippen molar-refractivity contribution in [3.63, 3.8) is 0 Å². The van der Waals surface area contributed by atoms with E-state index in [0.717, 1.165) is 12.8 Å². The first-order valence-electron chi connectivity index (χ1n) is 9.75. The van der Waals surface area contributed by atoms with Crippen LogP contribution in [0.15, 0.2) is 0 Å². The average Bonchev–Trinajstić information content (AvgIpc) is 2.52. The Hall–Kier alpha value is 1.92. The van der Waals surface area contributed by atoms with Crippen LogP contribution >= 0.6 is 35.4 Å². The second kappa shape index (κ2) is 16.8. The summed E-state index contributed by atoms with van der Waals surface area (Å²) in [6, 6.07) is 0. The highest BCUT2D eigenvalue weighted by Crippen LogP contribution is 2.68. The van der Waals surface area contributed by atoms with Crippen LogP contribution < -0.4 is 0 Å². The maximum absolute atomic E-state index is 5.87. The zero-order valence-electron chi connectivity index (χ0n) is 16.0. The molecule has 0 saturated carbocycles. The molecule has 0 aliphatic rings. The van der Waals surface area contributed by atoms with Gasteiger partial charge in [-0.3, -0.25) is 0 Å². The van der Waals surface area contributed by atoms with E-state index in [4.69, 9.17) is 32.7 Å². The van der Waals surface area contributed by atoms with Gasteiger partial charge in [-0.05, 0) is 12.8 Å². The molecule has 2 atom stereocenters. The van der Waals surface area contributed by atoms with E-state index in [1.807, 2.05) is 0 Å². The molecule has 2 unspecified atom stereocenters. The van der Waals surface area contributed by atoms with Crippen LogP contribution in [0.4, 0.5) is 0 Å². The Morgan fingerprint density at radius 3 is 1.28 bits per heavy atom. The number of hydrogen-bond acceptors (Lipinski definition) is 4. The number of unbranched alkanes of at least 4 members (excludes halogenated alkanes) is 10. The van der Waals surface area contributed by atoms with Gasteiger partial charge in [-0.15, -0.1) is 24.5 Å². The standard InChI is InChI=1S/C17H38O2P2S4/c1-3-5-7-9-11-13-15-18-20(22,23)17-21(24,25)19-16-14-12-10-8-6-4-2/h3-17H2,1-2H3,(H,22,23)(H,24,25). The molecule has 0 amide bonds. The van der Waals surface area contributed by atoms with Crippen molar-refractivity contribution in [3.8, 4) is 0 Å². The number of rotatable bonds is 18. The van der Waals surface area contributed by atoms with Crippen LogP contribution in [0.1, 0.15) is 90.9 Å². The minimum Gasteiger partial charge on any atom is -0.341 e. The molecule has 0 radical (unpaired) electrons. The lowest BCUT2D eigenvalue weighted by Gasteiger charge is -2.23. The summed E-state index contributed by atoms with van der Waals surface area (Å²) < 4.78 is 11.7. The highest BCUT2D eigenvalue weighted by atomic mass is 32.9. The molecule has 0 rings (SSSR count). The lowest BCUT2D eigenvalue weighted by atomic mass is 10.1. The highest BCUT2D eigenvalue weighted by Gasteiger charge is 2.23. The Morgan fingerprint density at radius 2 is 0.920 bits per heavy atom. The second-order valence-corrected chi connectivity index (χ2v) is 19.9. The van der Waals surface area contributed by atoms with Crippen LogP contribution in [0.5, 0.6) is 0 Å². The summed E-state index contributed by atoms with van der Waals surface area (Å²) in [5.74, 6) is 0.530. The Balaban J connectivity index is 3.81. The van der Waals surface area contributed by atoms with E-state index in [-0.39, 0.29) is 0 Å². The van der Waals surface area contributed by atoms with Crippen molar-refractivity contribution in [2.24, 2.45) is 0 Å². The third-order valence-electron chi connectivity index (χ3n) is 3.94. The SMILES string of the molecule is CCCCCCCCOP(=S)(S)CP(=S)(S)OCCCCCCCC. The van der Waals surface area contributed by atoms with E-state index in [9.17, 15) is 0 Å². The normalized spacial score (nSPS) is 16.5. The largest absolute Gasteiger partial charge is 0.341 e. The molecule has 8 heteroatoms. The van der Waals surface area contributed by atoms with Gasteiger partial charge in [0.25, 0.3) is 0 Å². The lowest BCUT2D eigenvalue weighted by molar-refractivity contribution is 0.336. The van der Waals surface area contributed by atoms with Gasteiger partial charge in [0.15, 0.2) is 0 Å². The van der Waals surface area contributed by atoms with Gasteiger partial charge < -0.3 is 9.05 Å². The molecule has 0 aliphatic carbocycles. The molecular formula is C17H38O2P2S4. The van der Waals surface area contributed by atoms with Crippen molar-refractivity contribution < 1.29 is 9.05 Å². The Morgan fingerprint density at radius 1 is 0.600 bits per heavy atom. The average molecular weight is 465 g/mol. The second-order valence-electron chi connectivity index (χ2n) is 6.62. The number of hydrogen-bond donors (Lipinski definition) is 2. The molecule has 0 heterocycles. The molecule has 0 fully saturated rings. The van der Waals surface area contributed by atoms with E-state index in [1.165, 1.54) is 64.2 Å². The fraction of sp³-hybridized carbons (Fsp3) is 1.00. The predicted octanol–water partition coefficient (Wildman–Crippen LogP) is 8.18. The highest BCUT2D eigenvalue weighted by molar-refractivity contribution is 8.69. The van der Waals surface area contributed by atoms with Gasteiger partial charge in [0.1, 0.15) is 10.9 Å². The van der Waals surface area contributed by atoms with Gasteiger partial charge >= 0.3 is 0 Å². The molecular weight excluding hydrogens is 426 g/mol. The summed E-state index contributed by atoms with van der Waals surface area (Å²) in [4.78, 5) is 0. The van der Waals surface area contributed by atoms with Crippen LogP contribution in [0.3, 0.4) is 0 Å². The quantitative estimate of drug-likeness (QED) is 0.121. The van der Waals surface area contributed by atoms with Gasteiger partial charge in [0, 0.05) is 0 Å². The maximum Gasteiger partial charge on any atom is 0.124 e. The molecule has 0 bridgehead atoms. The Labute approximate surface area is 177 Å². The molecule has 0 aromatic rings. The van der Waals surface area contributed by atoms with Crippen molar-refractivity contribution in [2.45, 2.75) is 90.9 Å². The van der Waals surface area contributed by atoms with Gasteiger partial charge in [0.2, 0.25) is 0 Å². The lowest BCUT2D eigenvalue weighted by Crippen LogP contribution is -1.97. The van der Waals surface area contributed by atoms with Gasteiger partial charge in [0.05, 0.1) is 19.1 Å². The maximum atomic E-state index is 5.87. The monoisotopic (exact) mass is 464 g/mol. The summed E-state index contributed by atoms with van der Waals surface area (Å²) in [5, 5.41) is 0. The molecule has 0 aromatic carbocycles. The van der Waals surface area contributed by atoms with E-state index in [1.54, 1.807) is 0 Å². The Bertz CT molecular complexity index is 372. The third kappa shape index (κ3) is 19.0. The minimum atomic E-state index is -2.17. The van der Waals surface area contributed by atoms with E-state index in [0.29, 0.717) is 19.1 Å². The summed E-state index contributed by atoms with van der Waals surface area (Å²) in [6.07, 6.45) is 14.9. The van der Waals surface area contributed by atoms with Crippen molar-refractivity contribution in [3.05, 3.63) is 0 Å². The molecule has 25 heavy (non-hydrogen) atoms. The molecule has 2 nitrogen and oxygen atoms in total. The van der Waals surface area contributed by atoms with E-state index < -0.39 is 10.9 Å². The fourth-order valence-corrected chi connectivity index (χ4v) is 15.9.